The Kier molecular flexibility index (Phi) is 4.62. The minimum Gasteiger partial charge on any atom is -0.314 e. The highest BCUT2D eigenvalue weighted by atomic mass is 79.9. The normalized spacial score (nSPS) is 16.8. The summed E-state index contributed by atoms with van der Waals surface area (Å²) in [6, 6.07) is 3.05. The lowest BCUT2D eigenvalue weighted by Crippen LogP contribution is -2.16. The van der Waals surface area contributed by atoms with Gasteiger partial charge in [0.25, 0.3) is 0 Å². The smallest absolute Gasteiger partial charge is 0.0285 e. The molecule has 2 rings (SSSR count). The Morgan fingerprint density at radius 3 is 3.06 bits per heavy atom. The van der Waals surface area contributed by atoms with E-state index in [-0.39, 0.29) is 0 Å². The summed E-state index contributed by atoms with van der Waals surface area (Å²) in [4.78, 5) is 1.44. The van der Waals surface area contributed by atoms with Gasteiger partial charge in [0.1, 0.15) is 0 Å². The average Bonchev–Trinajstić information content (AvgIpc) is 2.98. The van der Waals surface area contributed by atoms with Crippen molar-refractivity contribution in [3.05, 3.63) is 32.4 Å². The van der Waals surface area contributed by atoms with Crippen LogP contribution in [0.3, 0.4) is 0 Å². The number of hydrogen-bond acceptors (Lipinski definition) is 2. The van der Waals surface area contributed by atoms with Crippen LogP contribution in [0.25, 0.3) is 0 Å². The third-order valence-electron chi connectivity index (χ3n) is 2.72. The summed E-state index contributed by atoms with van der Waals surface area (Å²) < 4.78 is 1.20. The highest BCUT2D eigenvalue weighted by molar-refractivity contribution is 9.10. The van der Waals surface area contributed by atoms with Gasteiger partial charge in [0.05, 0.1) is 0 Å². The van der Waals surface area contributed by atoms with Gasteiger partial charge in [0.15, 0.2) is 0 Å². The monoisotopic (exact) mass is 299 g/mol. The summed E-state index contributed by atoms with van der Waals surface area (Å²) >= 11 is 5.32. The fourth-order valence-corrected chi connectivity index (χ4v) is 3.23. The quantitative estimate of drug-likeness (QED) is 0.615. The molecule has 1 saturated carbocycles. The van der Waals surface area contributed by atoms with Crippen LogP contribution in [0.4, 0.5) is 0 Å². The van der Waals surface area contributed by atoms with Crippen molar-refractivity contribution in [3.63, 3.8) is 0 Å². The molecule has 0 aliphatic heterocycles. The van der Waals surface area contributed by atoms with Crippen molar-refractivity contribution in [1.82, 2.24) is 5.32 Å². The number of nitrogens with one attached hydrogen (secondary N) is 1. The van der Waals surface area contributed by atoms with E-state index in [0.29, 0.717) is 0 Å². The number of hydrogen-bond donors (Lipinski definition) is 1. The molecular formula is C13H18BrNS. The van der Waals surface area contributed by atoms with Gasteiger partial charge >= 0.3 is 0 Å². The molecule has 0 unspecified atom stereocenters. The second-order valence-corrected chi connectivity index (χ2v) is 6.39. The summed E-state index contributed by atoms with van der Waals surface area (Å²) in [5.74, 6) is 0. The van der Waals surface area contributed by atoms with Crippen molar-refractivity contribution in [1.29, 1.82) is 0 Å². The van der Waals surface area contributed by atoms with Crippen molar-refractivity contribution in [2.45, 2.75) is 38.6 Å². The van der Waals surface area contributed by atoms with Gasteiger partial charge in [-0.3, -0.25) is 0 Å². The van der Waals surface area contributed by atoms with Crippen LogP contribution in [0.15, 0.2) is 27.6 Å². The van der Waals surface area contributed by atoms with Gasteiger partial charge in [-0.1, -0.05) is 11.6 Å². The lowest BCUT2D eigenvalue weighted by atomic mass is 10.1. The molecular weight excluding hydrogens is 282 g/mol. The lowest BCUT2D eigenvalue weighted by Gasteiger charge is -2.01. The molecule has 0 radical (unpaired) electrons. The first kappa shape index (κ1) is 12.3. The summed E-state index contributed by atoms with van der Waals surface area (Å²) in [6.07, 6.45) is 7.38. The Morgan fingerprint density at radius 1 is 1.62 bits per heavy atom. The van der Waals surface area contributed by atoms with Gasteiger partial charge < -0.3 is 5.32 Å². The van der Waals surface area contributed by atoms with E-state index in [9.17, 15) is 0 Å². The van der Waals surface area contributed by atoms with Crippen molar-refractivity contribution in [2.75, 3.05) is 6.54 Å². The van der Waals surface area contributed by atoms with Crippen LogP contribution >= 0.6 is 27.3 Å². The second kappa shape index (κ2) is 5.99. The Hall–Kier alpha value is -0.120. The lowest BCUT2D eigenvalue weighted by molar-refractivity contribution is 0.688. The zero-order valence-corrected chi connectivity index (χ0v) is 12.0. The standard InChI is InChI=1S/C13H18BrNS/c1-10(3-2-6-15-12-4-5-12)7-13-8-11(14)9-16-13/h3,8-9,12,15H,2,4-7H2,1H3. The number of halogens is 1. The van der Waals surface area contributed by atoms with E-state index in [2.05, 4.69) is 45.7 Å². The maximum absolute atomic E-state index is 3.53. The molecule has 1 N–H and O–H groups in total. The topological polar surface area (TPSA) is 12.0 Å². The van der Waals surface area contributed by atoms with Crippen LogP contribution in [-0.4, -0.2) is 12.6 Å². The molecule has 16 heavy (non-hydrogen) atoms. The van der Waals surface area contributed by atoms with Crippen LogP contribution < -0.4 is 5.32 Å². The van der Waals surface area contributed by atoms with Crippen molar-refractivity contribution in [2.24, 2.45) is 0 Å². The summed E-state index contributed by atoms with van der Waals surface area (Å²) in [5.41, 5.74) is 1.48. The van der Waals surface area contributed by atoms with E-state index in [1.165, 1.54) is 27.8 Å². The Balaban J connectivity index is 1.69. The maximum atomic E-state index is 3.53. The van der Waals surface area contributed by atoms with E-state index in [4.69, 9.17) is 0 Å². The molecule has 1 aliphatic rings. The van der Waals surface area contributed by atoms with Gasteiger partial charge in [0.2, 0.25) is 0 Å². The zero-order chi connectivity index (χ0) is 11.4. The van der Waals surface area contributed by atoms with Crippen LogP contribution in [0, 0.1) is 0 Å². The first-order valence-electron chi connectivity index (χ1n) is 5.86. The van der Waals surface area contributed by atoms with E-state index < -0.39 is 0 Å². The molecule has 1 heterocycles. The minimum atomic E-state index is 0.835. The fraction of sp³-hybridized carbons (Fsp3) is 0.538. The second-order valence-electron chi connectivity index (χ2n) is 4.48. The molecule has 0 amide bonds. The molecule has 0 spiro atoms. The minimum absolute atomic E-state index is 0.835. The molecule has 1 aromatic rings. The van der Waals surface area contributed by atoms with Gasteiger partial charge in [0, 0.05) is 27.2 Å². The Bertz CT molecular complexity index is 366. The molecule has 1 aromatic heterocycles. The van der Waals surface area contributed by atoms with Gasteiger partial charge in [-0.05, 0) is 54.7 Å². The van der Waals surface area contributed by atoms with Crippen LogP contribution in [-0.2, 0) is 6.42 Å². The summed E-state index contributed by atoms with van der Waals surface area (Å²) in [5, 5.41) is 5.68. The maximum Gasteiger partial charge on any atom is 0.0285 e. The zero-order valence-electron chi connectivity index (χ0n) is 9.63. The van der Waals surface area contributed by atoms with Gasteiger partial charge in [-0.25, -0.2) is 0 Å². The SMILES string of the molecule is CC(=CCCNC1CC1)Cc1cc(Br)cs1. The number of allylic oxidation sites excluding steroid dienone is 1. The van der Waals surface area contributed by atoms with Crippen LogP contribution in [0.5, 0.6) is 0 Å². The highest BCUT2D eigenvalue weighted by Crippen LogP contribution is 2.22. The first-order chi connectivity index (χ1) is 7.74. The molecule has 0 atom stereocenters. The predicted octanol–water partition coefficient (Wildman–Crippen LogP) is 4.14. The van der Waals surface area contributed by atoms with Crippen LogP contribution in [0.2, 0.25) is 0 Å². The van der Waals surface area contributed by atoms with E-state index >= 15 is 0 Å². The molecule has 0 aromatic carbocycles. The van der Waals surface area contributed by atoms with E-state index in [1.807, 2.05) is 11.3 Å². The number of rotatable bonds is 6. The molecule has 1 nitrogen and oxygen atoms in total. The predicted molar refractivity (Wildman–Crippen MR) is 75.1 cm³/mol. The number of thiophene rings is 1. The fourth-order valence-electron chi connectivity index (χ4n) is 1.69. The highest BCUT2D eigenvalue weighted by Gasteiger charge is 2.19. The Morgan fingerprint density at radius 2 is 2.44 bits per heavy atom. The van der Waals surface area contributed by atoms with Gasteiger partial charge in [-0.2, -0.15) is 0 Å². The van der Waals surface area contributed by atoms with E-state index in [0.717, 1.165) is 25.4 Å². The third kappa shape index (κ3) is 4.40. The summed E-state index contributed by atoms with van der Waals surface area (Å²) in [6.45, 7) is 3.36. The Labute approximate surface area is 110 Å². The molecule has 1 aliphatic carbocycles. The molecule has 0 saturated heterocycles. The average molecular weight is 300 g/mol. The van der Waals surface area contributed by atoms with Crippen LogP contribution in [0.1, 0.15) is 31.1 Å². The van der Waals surface area contributed by atoms with Crippen molar-refractivity contribution in [3.8, 4) is 0 Å². The molecule has 3 heteroatoms. The molecule has 1 fully saturated rings. The first-order valence-corrected chi connectivity index (χ1v) is 7.53. The molecule has 0 bridgehead atoms. The van der Waals surface area contributed by atoms with Gasteiger partial charge in [-0.15, -0.1) is 11.3 Å². The van der Waals surface area contributed by atoms with E-state index in [1.54, 1.807) is 0 Å². The third-order valence-corrected chi connectivity index (χ3v) is 4.42. The summed E-state index contributed by atoms with van der Waals surface area (Å²) in [7, 11) is 0. The van der Waals surface area contributed by atoms with Crippen molar-refractivity contribution < 1.29 is 0 Å². The molecule has 88 valence electrons. The van der Waals surface area contributed by atoms with Crippen molar-refractivity contribution >= 4 is 27.3 Å². The largest absolute Gasteiger partial charge is 0.314 e.